The molecule has 0 aromatic carbocycles. The molecule has 0 aliphatic carbocycles. The van der Waals surface area contributed by atoms with Crippen LogP contribution in [0.1, 0.15) is 32.6 Å². The summed E-state index contributed by atoms with van der Waals surface area (Å²) in [4.78, 5) is 27.2. The van der Waals surface area contributed by atoms with E-state index in [-0.39, 0.29) is 35.7 Å². The second-order valence-electron chi connectivity index (χ2n) is 5.59. The smallest absolute Gasteiger partial charge is 0.302 e. The highest BCUT2D eigenvalue weighted by Gasteiger charge is 2.13. The first kappa shape index (κ1) is 17.7. The average Bonchev–Trinajstić information content (AvgIpc) is 2.53. The molecule has 1 atom stereocenters. The minimum atomic E-state index is -0.387. The Balaban J connectivity index is 1.90. The minimum absolute atomic E-state index is 0.102. The van der Waals surface area contributed by atoms with Gasteiger partial charge in [-0.3, -0.25) is 14.2 Å². The number of ether oxygens (including phenoxy) is 1. The molecule has 0 saturated carbocycles. The lowest BCUT2D eigenvalue weighted by atomic mass is 10.0. The van der Waals surface area contributed by atoms with E-state index in [1.807, 2.05) is 0 Å². The maximum Gasteiger partial charge on any atom is 0.302 e. The molecule has 23 heavy (non-hydrogen) atoms. The fraction of sp³-hybridized carbons (Fsp3) is 0.667. The number of hydrogen-bond acceptors (Lipinski definition) is 6. The van der Waals surface area contributed by atoms with E-state index in [1.165, 1.54) is 37.0 Å². The molecule has 128 valence electrons. The molecule has 7 nitrogen and oxygen atoms in total. The summed E-state index contributed by atoms with van der Waals surface area (Å²) < 4.78 is 6.20. The van der Waals surface area contributed by atoms with Gasteiger partial charge in [0.15, 0.2) is 5.82 Å². The number of hydrogen-bond donors (Lipinski definition) is 2. The molecule has 0 bridgehead atoms. The van der Waals surface area contributed by atoms with Gasteiger partial charge in [-0.05, 0) is 25.8 Å². The normalized spacial score (nSPS) is 17.7. The first-order valence-electron chi connectivity index (χ1n) is 7.94. The molecule has 1 unspecified atom stereocenters. The highest BCUT2D eigenvalue weighted by atomic mass is 35.5. The van der Waals surface area contributed by atoms with Crippen LogP contribution < -0.4 is 16.2 Å². The third-order valence-electron chi connectivity index (χ3n) is 3.82. The number of esters is 1. The fourth-order valence-corrected chi connectivity index (χ4v) is 2.82. The van der Waals surface area contributed by atoms with Gasteiger partial charge in [-0.1, -0.05) is 18.0 Å². The van der Waals surface area contributed by atoms with Crippen molar-refractivity contribution in [3.05, 3.63) is 21.7 Å². The molecule has 0 radical (unpaired) electrons. The van der Waals surface area contributed by atoms with Crippen LogP contribution in [0.2, 0.25) is 5.15 Å². The summed E-state index contributed by atoms with van der Waals surface area (Å²) in [5.41, 5.74) is -0.304. The number of carbonyl (C=O) groups excluding carboxylic acids is 1. The van der Waals surface area contributed by atoms with E-state index in [9.17, 15) is 9.59 Å². The van der Waals surface area contributed by atoms with Crippen LogP contribution in [0.5, 0.6) is 0 Å². The van der Waals surface area contributed by atoms with Gasteiger partial charge >= 0.3 is 5.97 Å². The Hall–Kier alpha value is -1.60. The van der Waals surface area contributed by atoms with Crippen LogP contribution in [-0.4, -0.2) is 41.3 Å². The Bertz CT molecular complexity index is 585. The maximum absolute atomic E-state index is 12.3. The molecule has 1 aliphatic rings. The third-order valence-corrected chi connectivity index (χ3v) is 4.13. The molecule has 1 aromatic rings. The Morgan fingerprint density at radius 2 is 2.39 bits per heavy atom. The van der Waals surface area contributed by atoms with Crippen LogP contribution in [0.25, 0.3) is 0 Å². The Kier molecular flexibility index (Phi) is 6.85. The Morgan fingerprint density at radius 3 is 3.09 bits per heavy atom. The molecule has 1 saturated heterocycles. The van der Waals surface area contributed by atoms with Gasteiger partial charge in [0.05, 0.1) is 12.7 Å². The van der Waals surface area contributed by atoms with E-state index in [0.29, 0.717) is 12.6 Å². The SMILES string of the molecule is CC(=O)OCCn1c(Cl)cnc(NCCC2CCCCN2)c1=O. The number of carbonyl (C=O) groups is 1. The van der Waals surface area contributed by atoms with E-state index in [4.69, 9.17) is 16.3 Å². The lowest BCUT2D eigenvalue weighted by Crippen LogP contribution is -2.36. The van der Waals surface area contributed by atoms with Crippen LogP contribution in [-0.2, 0) is 16.1 Å². The van der Waals surface area contributed by atoms with Crippen LogP contribution in [0.4, 0.5) is 5.82 Å². The van der Waals surface area contributed by atoms with Gasteiger partial charge in [0.2, 0.25) is 0 Å². The molecule has 1 aromatic heterocycles. The molecule has 0 amide bonds. The predicted octanol–water partition coefficient (Wildman–Crippen LogP) is 1.40. The first-order chi connectivity index (χ1) is 11.1. The van der Waals surface area contributed by atoms with Crippen molar-refractivity contribution in [2.45, 2.75) is 45.2 Å². The molecule has 2 rings (SSSR count). The molecule has 1 aliphatic heterocycles. The summed E-state index contributed by atoms with van der Waals surface area (Å²) >= 11 is 5.99. The van der Waals surface area contributed by atoms with Crippen LogP contribution >= 0.6 is 11.6 Å². The molecule has 2 N–H and O–H groups in total. The molecule has 8 heteroatoms. The van der Waals surface area contributed by atoms with Crippen molar-refractivity contribution < 1.29 is 9.53 Å². The quantitative estimate of drug-likeness (QED) is 0.729. The van der Waals surface area contributed by atoms with Crippen LogP contribution in [0.15, 0.2) is 11.0 Å². The van der Waals surface area contributed by atoms with E-state index < -0.39 is 0 Å². The van der Waals surface area contributed by atoms with Crippen molar-refractivity contribution in [2.24, 2.45) is 0 Å². The summed E-state index contributed by atoms with van der Waals surface area (Å²) in [6, 6.07) is 0.495. The van der Waals surface area contributed by atoms with E-state index in [1.54, 1.807) is 0 Å². The Labute approximate surface area is 140 Å². The zero-order valence-corrected chi connectivity index (χ0v) is 14.1. The second kappa shape index (κ2) is 8.88. The molecule has 0 spiro atoms. The van der Waals surface area contributed by atoms with Gasteiger partial charge in [-0.15, -0.1) is 0 Å². The first-order valence-corrected chi connectivity index (χ1v) is 8.31. The third kappa shape index (κ3) is 5.51. The van der Waals surface area contributed by atoms with E-state index >= 15 is 0 Å². The highest BCUT2D eigenvalue weighted by molar-refractivity contribution is 6.29. The summed E-state index contributed by atoms with van der Waals surface area (Å²) in [5, 5.41) is 6.77. The number of rotatable bonds is 7. The number of anilines is 1. The van der Waals surface area contributed by atoms with Crippen molar-refractivity contribution in [3.63, 3.8) is 0 Å². The number of halogens is 1. The van der Waals surface area contributed by atoms with Gasteiger partial charge < -0.3 is 15.4 Å². The van der Waals surface area contributed by atoms with Crippen molar-refractivity contribution >= 4 is 23.4 Å². The molecule has 1 fully saturated rings. The molecule has 2 heterocycles. The molecular formula is C15H23ClN4O3. The zero-order chi connectivity index (χ0) is 16.7. The predicted molar refractivity (Wildman–Crippen MR) is 88.9 cm³/mol. The number of aromatic nitrogens is 2. The lowest BCUT2D eigenvalue weighted by molar-refractivity contribution is -0.141. The number of piperidine rings is 1. The zero-order valence-electron chi connectivity index (χ0n) is 13.3. The number of nitrogens with one attached hydrogen (secondary N) is 2. The van der Waals surface area contributed by atoms with Gasteiger partial charge in [0.25, 0.3) is 5.56 Å². The summed E-state index contributed by atoms with van der Waals surface area (Å²) in [5.74, 6) is -0.116. The maximum atomic E-state index is 12.3. The second-order valence-corrected chi connectivity index (χ2v) is 5.98. The van der Waals surface area contributed by atoms with E-state index in [2.05, 4.69) is 15.6 Å². The average molecular weight is 343 g/mol. The Morgan fingerprint density at radius 1 is 1.57 bits per heavy atom. The van der Waals surface area contributed by atoms with Gasteiger partial charge in [0, 0.05) is 19.5 Å². The van der Waals surface area contributed by atoms with Gasteiger partial charge in [0.1, 0.15) is 11.8 Å². The van der Waals surface area contributed by atoms with Crippen molar-refractivity contribution in [3.8, 4) is 0 Å². The number of nitrogens with zero attached hydrogens (tertiary/aromatic N) is 2. The standard InChI is InChI=1S/C15H23ClN4O3/c1-11(21)23-9-8-20-13(16)10-19-14(15(20)22)18-7-5-12-4-2-3-6-17-12/h10,12,17H,2-9H2,1H3,(H,18,19). The molecular weight excluding hydrogens is 320 g/mol. The minimum Gasteiger partial charge on any atom is -0.464 e. The monoisotopic (exact) mass is 342 g/mol. The fourth-order valence-electron chi connectivity index (χ4n) is 2.61. The summed E-state index contributed by atoms with van der Waals surface area (Å²) in [7, 11) is 0. The van der Waals surface area contributed by atoms with Gasteiger partial charge in [-0.2, -0.15) is 0 Å². The van der Waals surface area contributed by atoms with Crippen molar-refractivity contribution in [2.75, 3.05) is 25.0 Å². The highest BCUT2D eigenvalue weighted by Crippen LogP contribution is 2.10. The van der Waals surface area contributed by atoms with Crippen LogP contribution in [0, 0.1) is 0 Å². The topological polar surface area (TPSA) is 85.2 Å². The van der Waals surface area contributed by atoms with Crippen LogP contribution in [0.3, 0.4) is 0 Å². The summed E-state index contributed by atoms with van der Waals surface area (Å²) in [6.07, 6.45) is 6.02. The largest absolute Gasteiger partial charge is 0.464 e. The van der Waals surface area contributed by atoms with Crippen molar-refractivity contribution in [1.29, 1.82) is 0 Å². The van der Waals surface area contributed by atoms with Crippen molar-refractivity contribution in [1.82, 2.24) is 14.9 Å². The summed E-state index contributed by atoms with van der Waals surface area (Å²) in [6.45, 7) is 3.37. The van der Waals surface area contributed by atoms with E-state index in [0.717, 1.165) is 13.0 Å². The van der Waals surface area contributed by atoms with Gasteiger partial charge in [-0.25, -0.2) is 4.98 Å². The lowest BCUT2D eigenvalue weighted by Gasteiger charge is -2.23.